The Kier molecular flexibility index (Phi) is 3.89. The fraction of sp³-hybridized carbons (Fsp3) is 0.0588. The highest BCUT2D eigenvalue weighted by Gasteiger charge is 2.01. The van der Waals surface area contributed by atoms with Crippen LogP contribution in [0.15, 0.2) is 67.0 Å². The highest BCUT2D eigenvalue weighted by molar-refractivity contribution is 5.64. The molecule has 4 nitrogen and oxygen atoms in total. The second-order valence-electron chi connectivity index (χ2n) is 4.56. The van der Waals surface area contributed by atoms with Gasteiger partial charge in [-0.3, -0.25) is 0 Å². The molecule has 0 saturated carbocycles. The first kappa shape index (κ1) is 13.3. The van der Waals surface area contributed by atoms with E-state index in [9.17, 15) is 0 Å². The van der Waals surface area contributed by atoms with Gasteiger partial charge in [0.05, 0.1) is 0 Å². The van der Waals surface area contributed by atoms with Gasteiger partial charge >= 0.3 is 6.01 Å². The fourth-order valence-electron chi connectivity index (χ4n) is 1.99. The van der Waals surface area contributed by atoms with Crippen LogP contribution in [0.25, 0.3) is 11.1 Å². The van der Waals surface area contributed by atoms with E-state index in [1.54, 1.807) is 18.5 Å². The number of hydrogen-bond acceptors (Lipinski definition) is 4. The molecule has 0 spiro atoms. The van der Waals surface area contributed by atoms with Crippen molar-refractivity contribution >= 4 is 0 Å². The predicted molar refractivity (Wildman–Crippen MR) is 81.9 cm³/mol. The maximum Gasteiger partial charge on any atom is 0.321 e. The standard InChI is InChI=1S/C17H15N3O/c18-12-13-2-4-14(5-3-13)15-6-8-16(9-7-15)21-17-19-10-1-11-20-17/h1-11H,12,18H2. The van der Waals surface area contributed by atoms with Gasteiger partial charge in [-0.15, -0.1) is 0 Å². The summed E-state index contributed by atoms with van der Waals surface area (Å²) in [6, 6.07) is 18.1. The van der Waals surface area contributed by atoms with Gasteiger partial charge in [0.2, 0.25) is 0 Å². The number of nitrogens with zero attached hydrogens (tertiary/aromatic N) is 2. The third kappa shape index (κ3) is 3.24. The summed E-state index contributed by atoms with van der Waals surface area (Å²) in [5.41, 5.74) is 9.00. The lowest BCUT2D eigenvalue weighted by Gasteiger charge is -2.06. The average molecular weight is 277 g/mol. The molecule has 1 heterocycles. The number of ether oxygens (including phenoxy) is 1. The maximum absolute atomic E-state index is 5.60. The molecule has 0 fully saturated rings. The van der Waals surface area contributed by atoms with Gasteiger partial charge in [0.15, 0.2) is 0 Å². The lowest BCUT2D eigenvalue weighted by Crippen LogP contribution is -1.95. The molecule has 0 amide bonds. The number of rotatable bonds is 4. The zero-order valence-corrected chi connectivity index (χ0v) is 11.4. The third-order valence-corrected chi connectivity index (χ3v) is 3.13. The molecule has 21 heavy (non-hydrogen) atoms. The Hall–Kier alpha value is -2.72. The molecular formula is C17H15N3O. The van der Waals surface area contributed by atoms with E-state index in [1.807, 2.05) is 36.4 Å². The van der Waals surface area contributed by atoms with Crippen LogP contribution in [0.3, 0.4) is 0 Å². The Morgan fingerprint density at radius 3 is 1.95 bits per heavy atom. The molecule has 1 aromatic heterocycles. The molecule has 0 aliphatic heterocycles. The van der Waals surface area contributed by atoms with Crippen LogP contribution >= 0.6 is 0 Å². The summed E-state index contributed by atoms with van der Waals surface area (Å²) in [6.07, 6.45) is 3.30. The van der Waals surface area contributed by atoms with Gasteiger partial charge < -0.3 is 10.5 Å². The van der Waals surface area contributed by atoms with E-state index in [1.165, 1.54) is 0 Å². The Bertz CT molecular complexity index is 694. The zero-order chi connectivity index (χ0) is 14.5. The van der Waals surface area contributed by atoms with E-state index in [0.29, 0.717) is 18.3 Å². The molecule has 0 aliphatic rings. The van der Waals surface area contributed by atoms with Gasteiger partial charge in [-0.2, -0.15) is 0 Å². The van der Waals surface area contributed by atoms with Crippen molar-refractivity contribution < 1.29 is 4.74 Å². The molecule has 0 unspecified atom stereocenters. The number of benzene rings is 2. The van der Waals surface area contributed by atoms with Crippen molar-refractivity contribution in [2.75, 3.05) is 0 Å². The molecule has 4 heteroatoms. The quantitative estimate of drug-likeness (QED) is 0.794. The summed E-state index contributed by atoms with van der Waals surface area (Å²) in [7, 11) is 0. The normalized spacial score (nSPS) is 10.3. The highest BCUT2D eigenvalue weighted by atomic mass is 16.5. The van der Waals surface area contributed by atoms with E-state index in [-0.39, 0.29) is 0 Å². The van der Waals surface area contributed by atoms with Crippen LogP contribution in [0, 0.1) is 0 Å². The van der Waals surface area contributed by atoms with Gasteiger partial charge in [0, 0.05) is 18.9 Å². The molecule has 3 rings (SSSR count). The molecule has 0 saturated heterocycles. The molecule has 104 valence electrons. The van der Waals surface area contributed by atoms with E-state index in [0.717, 1.165) is 16.7 Å². The van der Waals surface area contributed by atoms with Crippen LogP contribution in [-0.4, -0.2) is 9.97 Å². The van der Waals surface area contributed by atoms with E-state index >= 15 is 0 Å². The summed E-state index contributed by atoms with van der Waals surface area (Å²) in [5.74, 6) is 0.712. The Balaban J connectivity index is 1.77. The Morgan fingerprint density at radius 1 is 0.810 bits per heavy atom. The van der Waals surface area contributed by atoms with Gasteiger partial charge in [0.1, 0.15) is 5.75 Å². The Labute approximate surface area is 123 Å². The summed E-state index contributed by atoms with van der Waals surface area (Å²) in [4.78, 5) is 8.06. The SMILES string of the molecule is NCc1ccc(-c2ccc(Oc3ncccn3)cc2)cc1. The summed E-state index contributed by atoms with van der Waals surface area (Å²) in [6.45, 7) is 0.560. The van der Waals surface area contributed by atoms with Crippen LogP contribution in [0.5, 0.6) is 11.8 Å². The van der Waals surface area contributed by atoms with Gasteiger partial charge in [-0.25, -0.2) is 9.97 Å². The second kappa shape index (κ2) is 6.15. The molecule has 0 bridgehead atoms. The first-order valence-electron chi connectivity index (χ1n) is 6.69. The van der Waals surface area contributed by atoms with Crippen molar-refractivity contribution in [3.8, 4) is 22.9 Å². The maximum atomic E-state index is 5.60. The summed E-state index contributed by atoms with van der Waals surface area (Å²) >= 11 is 0. The largest absolute Gasteiger partial charge is 0.424 e. The predicted octanol–water partition coefficient (Wildman–Crippen LogP) is 3.39. The van der Waals surface area contributed by atoms with Crippen molar-refractivity contribution in [2.24, 2.45) is 5.73 Å². The molecule has 0 radical (unpaired) electrons. The Morgan fingerprint density at radius 2 is 1.38 bits per heavy atom. The number of hydrogen-bond donors (Lipinski definition) is 1. The molecule has 0 atom stereocenters. The first-order chi connectivity index (χ1) is 10.3. The summed E-state index contributed by atoms with van der Waals surface area (Å²) < 4.78 is 5.57. The lowest BCUT2D eigenvalue weighted by molar-refractivity contribution is 0.442. The molecular weight excluding hydrogens is 262 g/mol. The first-order valence-corrected chi connectivity index (χ1v) is 6.69. The highest BCUT2D eigenvalue weighted by Crippen LogP contribution is 2.24. The van der Waals surface area contributed by atoms with Crippen LogP contribution in [0.2, 0.25) is 0 Å². The number of nitrogens with two attached hydrogens (primary N) is 1. The van der Waals surface area contributed by atoms with E-state index in [2.05, 4.69) is 22.1 Å². The second-order valence-corrected chi connectivity index (χ2v) is 4.56. The van der Waals surface area contributed by atoms with Crippen molar-refractivity contribution in [2.45, 2.75) is 6.54 Å². The van der Waals surface area contributed by atoms with E-state index in [4.69, 9.17) is 10.5 Å². The molecule has 0 aliphatic carbocycles. The van der Waals surface area contributed by atoms with Crippen LogP contribution < -0.4 is 10.5 Å². The van der Waals surface area contributed by atoms with E-state index < -0.39 is 0 Å². The molecule has 3 aromatic rings. The molecule has 2 N–H and O–H groups in total. The van der Waals surface area contributed by atoms with Crippen LogP contribution in [0.4, 0.5) is 0 Å². The average Bonchev–Trinajstić information content (AvgIpc) is 2.57. The lowest BCUT2D eigenvalue weighted by atomic mass is 10.0. The minimum absolute atomic E-state index is 0.345. The van der Waals surface area contributed by atoms with Crippen LogP contribution in [-0.2, 0) is 6.54 Å². The minimum Gasteiger partial charge on any atom is -0.424 e. The topological polar surface area (TPSA) is 61.0 Å². The van der Waals surface area contributed by atoms with Gasteiger partial charge in [-0.1, -0.05) is 36.4 Å². The van der Waals surface area contributed by atoms with Crippen molar-refractivity contribution in [3.05, 3.63) is 72.6 Å². The minimum atomic E-state index is 0.345. The molecule has 2 aromatic carbocycles. The van der Waals surface area contributed by atoms with Gasteiger partial charge in [-0.05, 0) is 34.9 Å². The fourth-order valence-corrected chi connectivity index (χ4v) is 1.99. The smallest absolute Gasteiger partial charge is 0.321 e. The van der Waals surface area contributed by atoms with Crippen LogP contribution in [0.1, 0.15) is 5.56 Å². The monoisotopic (exact) mass is 277 g/mol. The third-order valence-electron chi connectivity index (χ3n) is 3.13. The number of aromatic nitrogens is 2. The van der Waals surface area contributed by atoms with Crippen molar-refractivity contribution in [1.82, 2.24) is 9.97 Å². The van der Waals surface area contributed by atoms with Gasteiger partial charge in [0.25, 0.3) is 0 Å². The zero-order valence-electron chi connectivity index (χ0n) is 11.4. The van der Waals surface area contributed by atoms with Crippen molar-refractivity contribution in [1.29, 1.82) is 0 Å². The summed E-state index contributed by atoms with van der Waals surface area (Å²) in [5, 5.41) is 0. The van der Waals surface area contributed by atoms with Crippen molar-refractivity contribution in [3.63, 3.8) is 0 Å².